The zero-order valence-corrected chi connectivity index (χ0v) is 12.4. The summed E-state index contributed by atoms with van der Waals surface area (Å²) in [6, 6.07) is 4.28. The summed E-state index contributed by atoms with van der Waals surface area (Å²) in [5.74, 6) is 0.737. The molecule has 1 atom stereocenters. The van der Waals surface area contributed by atoms with Crippen molar-refractivity contribution in [3.05, 3.63) is 29.6 Å². The Kier molecular flexibility index (Phi) is 6.78. The molecule has 0 radical (unpaired) electrons. The van der Waals surface area contributed by atoms with Crippen molar-refractivity contribution in [3.63, 3.8) is 0 Å². The van der Waals surface area contributed by atoms with E-state index in [-0.39, 0.29) is 10.8 Å². The zero-order chi connectivity index (χ0) is 14.3. The minimum atomic E-state index is -0.354. The zero-order valence-electron chi connectivity index (χ0n) is 11.6. The summed E-state index contributed by atoms with van der Waals surface area (Å²) in [6.07, 6.45) is 4.61. The third-order valence-electron chi connectivity index (χ3n) is 3.22. The van der Waals surface area contributed by atoms with Gasteiger partial charge >= 0.3 is 0 Å². The maximum Gasteiger partial charge on any atom is 0.129 e. The molecule has 0 amide bonds. The molecule has 1 aromatic carbocycles. The fraction of sp³-hybridized carbons (Fsp3) is 0.533. The lowest BCUT2D eigenvalue weighted by Gasteiger charge is -2.17. The van der Waals surface area contributed by atoms with Crippen molar-refractivity contribution in [2.75, 3.05) is 6.61 Å². The Morgan fingerprint density at radius 3 is 2.74 bits per heavy atom. The van der Waals surface area contributed by atoms with Crippen molar-refractivity contribution in [3.8, 4) is 5.75 Å². The van der Waals surface area contributed by atoms with Gasteiger partial charge in [0.25, 0.3) is 0 Å². The van der Waals surface area contributed by atoms with Gasteiger partial charge in [-0.3, -0.25) is 0 Å². The van der Waals surface area contributed by atoms with Crippen molar-refractivity contribution in [1.29, 1.82) is 0 Å². The third kappa shape index (κ3) is 5.15. The number of thiocarbonyl (C=S) groups is 1. The van der Waals surface area contributed by atoms with E-state index in [1.807, 2.05) is 0 Å². The van der Waals surface area contributed by atoms with Crippen molar-refractivity contribution < 1.29 is 9.13 Å². The number of ether oxygens (including phenoxy) is 1. The highest BCUT2D eigenvalue weighted by Crippen LogP contribution is 2.22. The predicted molar refractivity (Wildman–Crippen MR) is 81.1 cm³/mol. The van der Waals surface area contributed by atoms with E-state index in [1.54, 1.807) is 6.07 Å². The van der Waals surface area contributed by atoms with Crippen molar-refractivity contribution in [1.82, 2.24) is 0 Å². The van der Waals surface area contributed by atoms with Gasteiger partial charge in [-0.1, -0.05) is 45.3 Å². The molecule has 0 aliphatic rings. The van der Waals surface area contributed by atoms with Gasteiger partial charge in [-0.2, -0.15) is 0 Å². The Labute approximate surface area is 120 Å². The van der Waals surface area contributed by atoms with Crippen molar-refractivity contribution in [2.24, 2.45) is 11.7 Å². The van der Waals surface area contributed by atoms with Crippen molar-refractivity contribution in [2.45, 2.75) is 39.5 Å². The third-order valence-corrected chi connectivity index (χ3v) is 3.44. The molecule has 0 saturated carbocycles. The Hall–Kier alpha value is -1.16. The van der Waals surface area contributed by atoms with Crippen molar-refractivity contribution >= 4 is 17.2 Å². The Morgan fingerprint density at radius 2 is 2.16 bits per heavy atom. The number of hydrogen-bond donors (Lipinski definition) is 1. The van der Waals surface area contributed by atoms with Crippen LogP contribution in [0.1, 0.15) is 45.1 Å². The van der Waals surface area contributed by atoms with Crippen LogP contribution in [0.5, 0.6) is 5.75 Å². The van der Waals surface area contributed by atoms with Crippen LogP contribution in [-0.4, -0.2) is 11.6 Å². The summed E-state index contributed by atoms with van der Waals surface area (Å²) in [7, 11) is 0. The molecule has 0 aromatic heterocycles. The van der Waals surface area contributed by atoms with Crippen LogP contribution in [0.3, 0.4) is 0 Å². The second kappa shape index (κ2) is 8.10. The first-order valence-electron chi connectivity index (χ1n) is 6.80. The van der Waals surface area contributed by atoms with Crippen LogP contribution in [0.4, 0.5) is 4.39 Å². The molecule has 19 heavy (non-hydrogen) atoms. The molecule has 0 saturated heterocycles. The minimum Gasteiger partial charge on any atom is -0.493 e. The van der Waals surface area contributed by atoms with E-state index in [2.05, 4.69) is 13.8 Å². The average Bonchev–Trinajstić information content (AvgIpc) is 2.40. The van der Waals surface area contributed by atoms with E-state index in [0.29, 0.717) is 23.8 Å². The average molecular weight is 283 g/mol. The van der Waals surface area contributed by atoms with E-state index in [9.17, 15) is 4.39 Å². The van der Waals surface area contributed by atoms with Gasteiger partial charge in [0.1, 0.15) is 16.6 Å². The second-order valence-electron chi connectivity index (χ2n) is 4.73. The molecule has 0 fully saturated rings. The maximum absolute atomic E-state index is 13.2. The van der Waals surface area contributed by atoms with Gasteiger partial charge in [0.15, 0.2) is 0 Å². The molecule has 0 bridgehead atoms. The molecule has 0 spiro atoms. The Morgan fingerprint density at radius 1 is 1.42 bits per heavy atom. The van der Waals surface area contributed by atoms with Crippen LogP contribution in [0.15, 0.2) is 18.2 Å². The van der Waals surface area contributed by atoms with Crippen LogP contribution in [0.2, 0.25) is 0 Å². The first-order valence-corrected chi connectivity index (χ1v) is 7.21. The van der Waals surface area contributed by atoms with Gasteiger partial charge in [0, 0.05) is 0 Å². The van der Waals surface area contributed by atoms with E-state index < -0.39 is 0 Å². The summed E-state index contributed by atoms with van der Waals surface area (Å²) in [5, 5.41) is 0. The lowest BCUT2D eigenvalue weighted by molar-refractivity contribution is 0.233. The molecule has 0 aliphatic heterocycles. The van der Waals surface area contributed by atoms with Gasteiger partial charge in [0.2, 0.25) is 0 Å². The van der Waals surface area contributed by atoms with Gasteiger partial charge in [0.05, 0.1) is 12.2 Å². The molecular weight excluding hydrogens is 261 g/mol. The largest absolute Gasteiger partial charge is 0.493 e. The molecule has 2 nitrogen and oxygen atoms in total. The van der Waals surface area contributed by atoms with Gasteiger partial charge in [-0.05, 0) is 30.5 Å². The van der Waals surface area contributed by atoms with E-state index in [1.165, 1.54) is 25.0 Å². The number of rotatable bonds is 8. The second-order valence-corrected chi connectivity index (χ2v) is 5.17. The molecule has 2 N–H and O–H groups in total. The van der Waals surface area contributed by atoms with E-state index >= 15 is 0 Å². The lowest BCUT2D eigenvalue weighted by atomic mass is 10.0. The van der Waals surface area contributed by atoms with E-state index in [0.717, 1.165) is 12.8 Å². The van der Waals surface area contributed by atoms with Gasteiger partial charge < -0.3 is 10.5 Å². The number of hydrogen-bond acceptors (Lipinski definition) is 2. The van der Waals surface area contributed by atoms with Gasteiger partial charge in [-0.15, -0.1) is 0 Å². The molecule has 0 aliphatic carbocycles. The monoisotopic (exact) mass is 283 g/mol. The topological polar surface area (TPSA) is 35.2 Å². The SMILES string of the molecule is CCCCC(CC)COc1ccc(F)cc1C(N)=S. The molecule has 106 valence electrons. The quantitative estimate of drug-likeness (QED) is 0.731. The number of benzene rings is 1. The molecule has 4 heteroatoms. The summed E-state index contributed by atoms with van der Waals surface area (Å²) in [5.41, 5.74) is 6.06. The molecule has 1 aromatic rings. The highest BCUT2D eigenvalue weighted by molar-refractivity contribution is 7.80. The van der Waals surface area contributed by atoms with Crippen LogP contribution in [-0.2, 0) is 0 Å². The van der Waals surface area contributed by atoms with E-state index in [4.69, 9.17) is 22.7 Å². The lowest BCUT2D eigenvalue weighted by Crippen LogP contribution is -2.16. The molecule has 1 rings (SSSR count). The molecule has 1 unspecified atom stereocenters. The minimum absolute atomic E-state index is 0.163. The maximum atomic E-state index is 13.2. The van der Waals surface area contributed by atoms with Gasteiger partial charge in [-0.25, -0.2) is 4.39 Å². The summed E-state index contributed by atoms with van der Waals surface area (Å²) in [4.78, 5) is 0.163. The first-order chi connectivity index (χ1) is 9.08. The summed E-state index contributed by atoms with van der Waals surface area (Å²) in [6.45, 7) is 4.96. The Bertz CT molecular complexity index is 423. The fourth-order valence-corrected chi connectivity index (χ4v) is 2.09. The smallest absolute Gasteiger partial charge is 0.129 e. The highest BCUT2D eigenvalue weighted by Gasteiger charge is 2.11. The number of nitrogens with two attached hydrogens (primary N) is 1. The number of unbranched alkanes of at least 4 members (excludes halogenated alkanes) is 1. The first kappa shape index (κ1) is 15.9. The summed E-state index contributed by atoms with van der Waals surface area (Å²) >= 11 is 4.92. The van der Waals surface area contributed by atoms with Crippen LogP contribution >= 0.6 is 12.2 Å². The normalized spacial score (nSPS) is 12.2. The van der Waals surface area contributed by atoms with Crippen LogP contribution < -0.4 is 10.5 Å². The standard InChI is InChI=1S/C15H22FNOS/c1-3-5-6-11(4-2)10-18-14-8-7-12(16)9-13(14)15(17)19/h7-9,11H,3-6,10H2,1-2H3,(H2,17,19). The molecule has 0 heterocycles. The summed E-state index contributed by atoms with van der Waals surface area (Å²) < 4.78 is 18.9. The van der Waals surface area contributed by atoms with Crippen LogP contribution in [0.25, 0.3) is 0 Å². The Balaban J connectivity index is 2.68. The molecular formula is C15H22FNOS. The predicted octanol–water partition coefficient (Wildman–Crippen LogP) is 4.06. The fourth-order valence-electron chi connectivity index (χ4n) is 1.93. The van der Waals surface area contributed by atoms with Crippen LogP contribution in [0, 0.1) is 11.7 Å². The number of halogens is 1. The highest BCUT2D eigenvalue weighted by atomic mass is 32.1.